The number of halogens is 2. The molecular formula is C19H25F2NO8. The lowest BCUT2D eigenvalue weighted by molar-refractivity contribution is -0.277. The number of rotatable bonds is 9. The molecule has 1 aromatic rings. The van der Waals surface area contributed by atoms with Gasteiger partial charge in [-0.05, 0) is 31.5 Å². The number of aliphatic hydroxyl groups excluding tert-OH is 4. The summed E-state index contributed by atoms with van der Waals surface area (Å²) in [5.41, 5.74) is -0.521. The number of benzene rings is 1. The summed E-state index contributed by atoms with van der Waals surface area (Å²) >= 11 is 0. The van der Waals surface area contributed by atoms with Crippen LogP contribution in [0.15, 0.2) is 18.2 Å². The Labute approximate surface area is 171 Å². The molecular weight excluding hydrogens is 408 g/mol. The second-order valence-electron chi connectivity index (χ2n) is 6.97. The quantitative estimate of drug-likeness (QED) is 0.379. The third-order valence-electron chi connectivity index (χ3n) is 4.55. The van der Waals surface area contributed by atoms with Crippen LogP contribution in [0.2, 0.25) is 0 Å². The van der Waals surface area contributed by atoms with Crippen LogP contribution < -0.4 is 10.1 Å². The van der Waals surface area contributed by atoms with Gasteiger partial charge >= 0.3 is 0 Å². The number of carbonyl (C=O) groups excluding carboxylic acids is 2. The molecule has 0 aliphatic carbocycles. The van der Waals surface area contributed by atoms with Crippen LogP contribution in [0, 0.1) is 0 Å². The van der Waals surface area contributed by atoms with E-state index in [1.165, 1.54) is 13.0 Å². The fourth-order valence-corrected chi connectivity index (χ4v) is 2.92. The monoisotopic (exact) mass is 433 g/mol. The molecule has 0 aromatic heterocycles. The first-order chi connectivity index (χ1) is 14.1. The highest BCUT2D eigenvalue weighted by molar-refractivity contribution is 5.91. The van der Waals surface area contributed by atoms with Gasteiger partial charge in [0.25, 0.3) is 6.43 Å². The number of Topliss-reactive ketones (excluding diaryl/α,β-unsaturated/α-hetero) is 1. The summed E-state index contributed by atoms with van der Waals surface area (Å²) in [6, 6.07) is 3.43. The van der Waals surface area contributed by atoms with E-state index in [0.717, 1.165) is 12.1 Å². The van der Waals surface area contributed by atoms with Crippen LogP contribution in [0.3, 0.4) is 0 Å². The Morgan fingerprint density at radius 1 is 1.17 bits per heavy atom. The lowest BCUT2D eigenvalue weighted by Crippen LogP contribution is -2.60. The summed E-state index contributed by atoms with van der Waals surface area (Å²) in [5.74, 6) is -0.875. The van der Waals surface area contributed by atoms with Crippen molar-refractivity contribution in [3.05, 3.63) is 23.8 Å². The van der Waals surface area contributed by atoms with Gasteiger partial charge in [-0.3, -0.25) is 4.79 Å². The largest absolute Gasteiger partial charge is 0.461 e. The Morgan fingerprint density at radius 3 is 2.47 bits per heavy atom. The first kappa shape index (κ1) is 24.1. The van der Waals surface area contributed by atoms with Crippen LogP contribution in [-0.4, -0.2) is 69.4 Å². The van der Waals surface area contributed by atoms with Crippen molar-refractivity contribution in [2.75, 3.05) is 11.9 Å². The van der Waals surface area contributed by atoms with Gasteiger partial charge in [0.15, 0.2) is 0 Å². The van der Waals surface area contributed by atoms with Gasteiger partial charge in [0, 0.05) is 18.5 Å². The van der Waals surface area contributed by atoms with Gasteiger partial charge in [0.05, 0.1) is 12.2 Å². The molecule has 5 atom stereocenters. The zero-order chi connectivity index (χ0) is 22.4. The lowest BCUT2D eigenvalue weighted by Gasteiger charge is -2.39. The summed E-state index contributed by atoms with van der Waals surface area (Å²) < 4.78 is 37.4. The maximum atomic E-state index is 13.5. The predicted molar refractivity (Wildman–Crippen MR) is 99.0 cm³/mol. The minimum absolute atomic E-state index is 0.0483. The molecule has 1 aromatic carbocycles. The normalized spacial score (nSPS) is 26.5. The lowest BCUT2D eigenvalue weighted by atomic mass is 9.99. The molecule has 30 heavy (non-hydrogen) atoms. The molecule has 168 valence electrons. The maximum Gasteiger partial charge on any atom is 0.267 e. The van der Waals surface area contributed by atoms with Crippen LogP contribution in [0.4, 0.5) is 14.5 Å². The van der Waals surface area contributed by atoms with Crippen LogP contribution in [0.1, 0.15) is 38.2 Å². The number of ketones is 1. The molecule has 0 saturated carbocycles. The predicted octanol–water partition coefficient (Wildman–Crippen LogP) is 0.501. The third-order valence-corrected chi connectivity index (χ3v) is 4.55. The Morgan fingerprint density at radius 2 is 1.87 bits per heavy atom. The highest BCUT2D eigenvalue weighted by Crippen LogP contribution is 2.34. The van der Waals surface area contributed by atoms with Gasteiger partial charge in [0.2, 0.25) is 12.2 Å². The highest BCUT2D eigenvalue weighted by Gasteiger charge is 2.45. The van der Waals surface area contributed by atoms with E-state index in [0.29, 0.717) is 6.42 Å². The summed E-state index contributed by atoms with van der Waals surface area (Å²) in [6.07, 6.45) is -10.3. The average Bonchev–Trinajstić information content (AvgIpc) is 2.68. The number of amides is 1. The average molecular weight is 433 g/mol. The van der Waals surface area contributed by atoms with E-state index < -0.39 is 55.2 Å². The molecule has 1 aliphatic heterocycles. The Hall–Kier alpha value is -2.18. The molecule has 2 unspecified atom stereocenters. The van der Waals surface area contributed by atoms with Crippen LogP contribution in [-0.2, 0) is 14.3 Å². The molecule has 0 radical (unpaired) electrons. The van der Waals surface area contributed by atoms with Gasteiger partial charge in [-0.15, -0.1) is 0 Å². The molecule has 1 fully saturated rings. The molecule has 0 bridgehead atoms. The Kier molecular flexibility index (Phi) is 8.62. The van der Waals surface area contributed by atoms with Gasteiger partial charge in [-0.25, -0.2) is 8.78 Å². The van der Waals surface area contributed by atoms with E-state index in [9.17, 15) is 38.8 Å². The zero-order valence-corrected chi connectivity index (χ0v) is 16.2. The van der Waals surface area contributed by atoms with Crippen LogP contribution in [0.25, 0.3) is 0 Å². The van der Waals surface area contributed by atoms with Crippen molar-refractivity contribution in [1.82, 2.24) is 0 Å². The Balaban J connectivity index is 2.11. The smallest absolute Gasteiger partial charge is 0.267 e. The third kappa shape index (κ3) is 6.16. The number of nitrogens with one attached hydrogen (secondary N) is 1. The first-order valence-electron chi connectivity index (χ1n) is 9.32. The number of carbonyl (C=O) groups is 2. The van der Waals surface area contributed by atoms with E-state index in [-0.39, 0.29) is 30.1 Å². The van der Waals surface area contributed by atoms with Crippen molar-refractivity contribution in [1.29, 1.82) is 0 Å². The van der Waals surface area contributed by atoms with E-state index >= 15 is 0 Å². The molecule has 1 amide bonds. The summed E-state index contributed by atoms with van der Waals surface area (Å²) in [7, 11) is 0. The van der Waals surface area contributed by atoms with Crippen LogP contribution in [0.5, 0.6) is 5.75 Å². The minimum atomic E-state index is -3.00. The highest BCUT2D eigenvalue weighted by atomic mass is 19.3. The zero-order valence-electron chi connectivity index (χ0n) is 16.2. The number of aliphatic hydroxyl groups is 4. The number of ether oxygens (including phenoxy) is 2. The number of alkyl halides is 2. The van der Waals surface area contributed by atoms with Crippen molar-refractivity contribution in [3.8, 4) is 5.75 Å². The van der Waals surface area contributed by atoms with Crippen molar-refractivity contribution < 1.29 is 48.3 Å². The summed E-state index contributed by atoms with van der Waals surface area (Å²) in [4.78, 5) is 22.8. The van der Waals surface area contributed by atoms with E-state index in [4.69, 9.17) is 9.47 Å². The summed E-state index contributed by atoms with van der Waals surface area (Å²) in [6.45, 7) is 0.710. The van der Waals surface area contributed by atoms with Crippen molar-refractivity contribution in [2.24, 2.45) is 0 Å². The van der Waals surface area contributed by atoms with E-state index in [2.05, 4.69) is 5.32 Å². The van der Waals surface area contributed by atoms with Gasteiger partial charge in [-0.2, -0.15) is 0 Å². The topological polar surface area (TPSA) is 146 Å². The molecule has 2 rings (SSSR count). The molecule has 11 heteroatoms. The minimum Gasteiger partial charge on any atom is -0.461 e. The number of hydrogen-bond acceptors (Lipinski definition) is 8. The molecule has 9 nitrogen and oxygen atoms in total. The van der Waals surface area contributed by atoms with Gasteiger partial charge in [0.1, 0.15) is 35.9 Å². The molecule has 1 saturated heterocycles. The molecule has 1 aliphatic rings. The molecule has 5 N–H and O–H groups in total. The van der Waals surface area contributed by atoms with Crippen molar-refractivity contribution >= 4 is 17.4 Å². The molecule has 0 spiro atoms. The standard InChI is InChI=1S/C19H25F2NO8/c1-9(24)3-2-4-14(25)22-10-5-6-12(11(7-10)18(20)21)29-19-17(28)16(27)15(26)13(8-23)30-19/h5-7,13,15-19,23,26-28H,2-4,8H2,1H3,(H,22,25)/t13-,15+,16?,17?,19-/m1/s1. The Bertz CT molecular complexity index is 745. The fraction of sp³-hybridized carbons (Fsp3) is 0.579. The maximum absolute atomic E-state index is 13.5. The number of anilines is 1. The fourth-order valence-electron chi connectivity index (χ4n) is 2.92. The van der Waals surface area contributed by atoms with Crippen LogP contribution >= 0.6 is 0 Å². The van der Waals surface area contributed by atoms with E-state index in [1.54, 1.807) is 0 Å². The molecule has 1 heterocycles. The van der Waals surface area contributed by atoms with Gasteiger partial charge in [-0.1, -0.05) is 0 Å². The van der Waals surface area contributed by atoms with E-state index in [1.807, 2.05) is 0 Å². The van der Waals surface area contributed by atoms with Crippen molar-refractivity contribution in [3.63, 3.8) is 0 Å². The first-order valence-corrected chi connectivity index (χ1v) is 9.32. The second-order valence-corrected chi connectivity index (χ2v) is 6.97. The summed E-state index contributed by atoms with van der Waals surface area (Å²) in [5, 5.41) is 41.2. The van der Waals surface area contributed by atoms with Gasteiger partial charge < -0.3 is 40.0 Å². The second kappa shape index (κ2) is 10.7. The SMILES string of the molecule is CC(=O)CCCC(=O)Nc1ccc(O[C@@H]2O[C@H](CO)[C@H](O)C(O)C2O)c(C(F)F)c1. The number of hydrogen-bond donors (Lipinski definition) is 5. The van der Waals surface area contributed by atoms with Crippen molar-refractivity contribution in [2.45, 2.75) is 63.3 Å².